The molecule has 1 aliphatic heterocycles. The molecule has 0 bridgehead atoms. The lowest BCUT2D eigenvalue weighted by molar-refractivity contribution is -0.137. The van der Waals surface area contributed by atoms with Crippen LogP contribution in [-0.2, 0) is 12.6 Å². The zero-order valence-electron chi connectivity index (χ0n) is 8.27. The average molecular weight is 216 g/mol. The molecule has 0 fully saturated rings. The molecular weight excluding hydrogens is 205 g/mol. The predicted molar refractivity (Wildman–Crippen MR) is 49.9 cm³/mol. The number of fused-ring (bicyclic) bond motifs is 1. The number of halogens is 3. The lowest BCUT2D eigenvalue weighted by Gasteiger charge is -2.09. The number of alkyl halides is 3. The summed E-state index contributed by atoms with van der Waals surface area (Å²) in [7, 11) is 0. The molecule has 0 N–H and O–H groups in total. The minimum absolute atomic E-state index is 0.0310. The van der Waals surface area contributed by atoms with E-state index in [-0.39, 0.29) is 6.10 Å². The van der Waals surface area contributed by atoms with Crippen molar-refractivity contribution in [2.45, 2.75) is 32.0 Å². The molecule has 0 saturated carbocycles. The Bertz CT molecular complexity index is 371. The van der Waals surface area contributed by atoms with Crippen molar-refractivity contribution in [3.8, 4) is 5.75 Å². The standard InChI is InChI=1S/C11H11F3O/c1-2-9-5-7-3-4-8(11(12,13)14)6-10(7)15-9/h3-4,6,9H,2,5H2,1H3. The van der Waals surface area contributed by atoms with E-state index in [1.807, 2.05) is 6.92 Å². The van der Waals surface area contributed by atoms with E-state index < -0.39 is 11.7 Å². The highest BCUT2D eigenvalue weighted by Gasteiger charge is 2.32. The summed E-state index contributed by atoms with van der Waals surface area (Å²) in [6.45, 7) is 1.96. The van der Waals surface area contributed by atoms with Gasteiger partial charge in [-0.3, -0.25) is 0 Å². The van der Waals surface area contributed by atoms with Crippen molar-refractivity contribution >= 4 is 0 Å². The van der Waals surface area contributed by atoms with Crippen molar-refractivity contribution in [3.63, 3.8) is 0 Å². The van der Waals surface area contributed by atoms with Crippen LogP contribution in [0.1, 0.15) is 24.5 Å². The van der Waals surface area contributed by atoms with Gasteiger partial charge in [0.05, 0.1) is 5.56 Å². The zero-order chi connectivity index (χ0) is 11.1. The molecule has 0 aromatic heterocycles. The molecule has 1 aromatic rings. The van der Waals surface area contributed by atoms with Gasteiger partial charge in [-0.25, -0.2) is 0 Å². The van der Waals surface area contributed by atoms with Crippen molar-refractivity contribution in [1.82, 2.24) is 0 Å². The molecule has 0 radical (unpaired) electrons. The molecular formula is C11H11F3O. The van der Waals surface area contributed by atoms with Gasteiger partial charge in [-0.1, -0.05) is 13.0 Å². The third kappa shape index (κ3) is 1.94. The second-order valence-electron chi connectivity index (χ2n) is 3.67. The lowest BCUT2D eigenvalue weighted by atomic mass is 10.1. The summed E-state index contributed by atoms with van der Waals surface area (Å²) in [6.07, 6.45) is -2.73. The van der Waals surface area contributed by atoms with Gasteiger partial charge in [0.15, 0.2) is 0 Å². The molecule has 4 heteroatoms. The van der Waals surface area contributed by atoms with E-state index in [1.54, 1.807) is 0 Å². The normalized spacial score (nSPS) is 19.9. The summed E-state index contributed by atoms with van der Waals surface area (Å²) in [5.41, 5.74) is 0.229. The minimum atomic E-state index is -4.29. The van der Waals surface area contributed by atoms with Gasteiger partial charge in [-0.05, 0) is 24.1 Å². The highest BCUT2D eigenvalue weighted by molar-refractivity contribution is 5.41. The largest absolute Gasteiger partial charge is 0.490 e. The smallest absolute Gasteiger partial charge is 0.416 e. The molecule has 1 aromatic carbocycles. The Morgan fingerprint density at radius 1 is 1.40 bits per heavy atom. The van der Waals surface area contributed by atoms with E-state index in [2.05, 4.69) is 0 Å². The molecule has 0 aliphatic carbocycles. The van der Waals surface area contributed by atoms with Crippen LogP contribution < -0.4 is 4.74 Å². The van der Waals surface area contributed by atoms with Gasteiger partial charge in [0.25, 0.3) is 0 Å². The molecule has 0 spiro atoms. The van der Waals surface area contributed by atoms with Crippen LogP contribution in [0.15, 0.2) is 18.2 Å². The fourth-order valence-electron chi connectivity index (χ4n) is 1.70. The molecule has 15 heavy (non-hydrogen) atoms. The van der Waals surface area contributed by atoms with Gasteiger partial charge in [-0.15, -0.1) is 0 Å². The molecule has 1 unspecified atom stereocenters. The van der Waals surface area contributed by atoms with Gasteiger partial charge in [-0.2, -0.15) is 13.2 Å². The Hall–Kier alpha value is -1.19. The predicted octanol–water partition coefficient (Wildman–Crippen LogP) is 3.42. The first-order valence-electron chi connectivity index (χ1n) is 4.87. The van der Waals surface area contributed by atoms with Gasteiger partial charge in [0.1, 0.15) is 11.9 Å². The van der Waals surface area contributed by atoms with Crippen molar-refractivity contribution < 1.29 is 17.9 Å². The molecule has 1 nitrogen and oxygen atoms in total. The van der Waals surface area contributed by atoms with E-state index in [9.17, 15) is 13.2 Å². The number of benzene rings is 1. The average Bonchev–Trinajstić information content (AvgIpc) is 2.57. The fourth-order valence-corrected chi connectivity index (χ4v) is 1.70. The van der Waals surface area contributed by atoms with E-state index in [1.165, 1.54) is 6.07 Å². The van der Waals surface area contributed by atoms with Crippen LogP contribution in [0.3, 0.4) is 0 Å². The van der Waals surface area contributed by atoms with Crippen LogP contribution in [0.5, 0.6) is 5.75 Å². The van der Waals surface area contributed by atoms with E-state index in [0.717, 1.165) is 24.1 Å². The highest BCUT2D eigenvalue weighted by Crippen LogP contribution is 2.36. The molecule has 0 amide bonds. The van der Waals surface area contributed by atoms with E-state index in [0.29, 0.717) is 12.2 Å². The summed E-state index contributed by atoms with van der Waals surface area (Å²) in [5.74, 6) is 0.386. The van der Waals surface area contributed by atoms with Crippen molar-refractivity contribution in [2.24, 2.45) is 0 Å². The van der Waals surface area contributed by atoms with Crippen LogP contribution in [-0.4, -0.2) is 6.10 Å². The quantitative estimate of drug-likeness (QED) is 0.698. The third-order valence-corrected chi connectivity index (χ3v) is 2.59. The van der Waals surface area contributed by atoms with Crippen molar-refractivity contribution in [2.75, 3.05) is 0 Å². The summed E-state index contributed by atoms with van der Waals surface area (Å²) >= 11 is 0. The lowest BCUT2D eigenvalue weighted by Crippen LogP contribution is -2.10. The van der Waals surface area contributed by atoms with Gasteiger partial charge < -0.3 is 4.74 Å². The molecule has 82 valence electrons. The van der Waals surface area contributed by atoms with Crippen LogP contribution in [0, 0.1) is 0 Å². The number of hydrogen-bond acceptors (Lipinski definition) is 1. The van der Waals surface area contributed by atoms with Gasteiger partial charge in [0.2, 0.25) is 0 Å². The second-order valence-corrected chi connectivity index (χ2v) is 3.67. The zero-order valence-corrected chi connectivity index (χ0v) is 8.27. The van der Waals surface area contributed by atoms with Crippen LogP contribution in [0.2, 0.25) is 0 Å². The van der Waals surface area contributed by atoms with E-state index >= 15 is 0 Å². The maximum atomic E-state index is 12.4. The Kier molecular flexibility index (Phi) is 2.37. The summed E-state index contributed by atoms with van der Waals surface area (Å²) in [5, 5.41) is 0. The summed E-state index contributed by atoms with van der Waals surface area (Å²) in [6, 6.07) is 3.71. The minimum Gasteiger partial charge on any atom is -0.490 e. The first kappa shape index (κ1) is 10.3. The molecule has 1 aliphatic rings. The SMILES string of the molecule is CCC1Cc2ccc(C(F)(F)F)cc2O1. The summed E-state index contributed by atoms with van der Waals surface area (Å²) in [4.78, 5) is 0. The molecule has 2 rings (SSSR count). The fraction of sp³-hybridized carbons (Fsp3) is 0.455. The van der Waals surface area contributed by atoms with Gasteiger partial charge >= 0.3 is 6.18 Å². The number of hydrogen-bond donors (Lipinski definition) is 0. The first-order valence-corrected chi connectivity index (χ1v) is 4.87. The Morgan fingerprint density at radius 2 is 2.13 bits per heavy atom. The maximum Gasteiger partial charge on any atom is 0.416 e. The maximum absolute atomic E-state index is 12.4. The van der Waals surface area contributed by atoms with Crippen molar-refractivity contribution in [3.05, 3.63) is 29.3 Å². The van der Waals surface area contributed by atoms with Crippen molar-refractivity contribution in [1.29, 1.82) is 0 Å². The Morgan fingerprint density at radius 3 is 2.73 bits per heavy atom. The third-order valence-electron chi connectivity index (χ3n) is 2.59. The van der Waals surface area contributed by atoms with E-state index in [4.69, 9.17) is 4.74 Å². The van der Waals surface area contributed by atoms with Crippen LogP contribution >= 0.6 is 0 Å². The van der Waals surface area contributed by atoms with Gasteiger partial charge in [0, 0.05) is 6.42 Å². The monoisotopic (exact) mass is 216 g/mol. The second kappa shape index (κ2) is 3.43. The molecule has 0 saturated heterocycles. The Balaban J connectivity index is 2.30. The van der Waals surface area contributed by atoms with Crippen LogP contribution in [0.25, 0.3) is 0 Å². The number of rotatable bonds is 1. The van der Waals surface area contributed by atoms with Crippen LogP contribution in [0.4, 0.5) is 13.2 Å². The molecule has 1 heterocycles. The summed E-state index contributed by atoms with van der Waals surface area (Å²) < 4.78 is 42.5. The first-order chi connectivity index (χ1) is 7.00. The molecule has 1 atom stereocenters. The number of ether oxygens (including phenoxy) is 1. The topological polar surface area (TPSA) is 9.23 Å². The Labute approximate surface area is 85.9 Å². The highest BCUT2D eigenvalue weighted by atomic mass is 19.4.